The van der Waals surface area contributed by atoms with Crippen LogP contribution in [0.4, 0.5) is 10.8 Å². The van der Waals surface area contributed by atoms with Gasteiger partial charge in [0.05, 0.1) is 0 Å². The highest BCUT2D eigenvalue weighted by molar-refractivity contribution is 7.18. The second-order valence-electron chi connectivity index (χ2n) is 6.38. The molecule has 0 amide bonds. The Morgan fingerprint density at radius 2 is 1.79 bits per heavy atom. The summed E-state index contributed by atoms with van der Waals surface area (Å²) in [6.45, 7) is 6.32. The molecule has 6 nitrogen and oxygen atoms in total. The predicted octanol–water partition coefficient (Wildman–Crippen LogP) is 4.99. The molecule has 146 valence electrons. The van der Waals surface area contributed by atoms with Gasteiger partial charge in [-0.05, 0) is 31.5 Å². The topological polar surface area (TPSA) is 59.2 Å². The van der Waals surface area contributed by atoms with Crippen molar-refractivity contribution in [2.45, 2.75) is 13.8 Å². The van der Waals surface area contributed by atoms with Crippen molar-refractivity contribution in [2.75, 3.05) is 18.0 Å². The van der Waals surface area contributed by atoms with Crippen LogP contribution < -0.4 is 4.90 Å². The van der Waals surface area contributed by atoms with Crippen LogP contribution in [-0.4, -0.2) is 39.1 Å². The largest absolute Gasteiger partial charge is 0.372 e. The van der Waals surface area contributed by atoms with Crippen LogP contribution >= 0.6 is 11.3 Å². The Balaban J connectivity index is 1.62. The molecular weight excluding hydrogens is 380 g/mol. The van der Waals surface area contributed by atoms with Gasteiger partial charge in [0.25, 0.3) is 0 Å². The number of aliphatic imine (C=N–C) groups is 1. The van der Waals surface area contributed by atoms with Crippen LogP contribution in [0.2, 0.25) is 0 Å². The quantitative estimate of drug-likeness (QED) is 0.409. The molecule has 0 N–H and O–H groups in total. The van der Waals surface area contributed by atoms with E-state index in [0.717, 1.165) is 34.9 Å². The Kier molecular flexibility index (Phi) is 5.76. The van der Waals surface area contributed by atoms with Gasteiger partial charge >= 0.3 is 0 Å². The molecule has 4 rings (SSSR count). The van der Waals surface area contributed by atoms with Crippen molar-refractivity contribution in [3.63, 3.8) is 0 Å². The molecule has 29 heavy (non-hydrogen) atoms. The van der Waals surface area contributed by atoms with E-state index in [9.17, 15) is 0 Å². The van der Waals surface area contributed by atoms with E-state index in [4.69, 9.17) is 4.98 Å². The number of nitrogens with zero attached hydrogens (tertiary/aromatic N) is 6. The standard InChI is InChI=1S/C22H22N6S/c1-3-27(4-2)19-12-10-17(11-13-19)14-24-22-26-20(18-8-6-5-7-9-18)21(29-22)28-16-23-15-25-28/h5-16H,3-4H2,1-2H3/b24-14+. The molecule has 0 bridgehead atoms. The van der Waals surface area contributed by atoms with Crippen LogP contribution in [0.25, 0.3) is 16.3 Å². The van der Waals surface area contributed by atoms with Crippen molar-refractivity contribution >= 4 is 28.4 Å². The van der Waals surface area contributed by atoms with Gasteiger partial charge < -0.3 is 4.90 Å². The summed E-state index contributed by atoms with van der Waals surface area (Å²) in [6, 6.07) is 18.5. The molecule has 2 aromatic carbocycles. The van der Waals surface area contributed by atoms with Gasteiger partial charge in [0.1, 0.15) is 23.3 Å². The van der Waals surface area contributed by atoms with Gasteiger partial charge in [0, 0.05) is 30.6 Å². The third-order valence-corrected chi connectivity index (χ3v) is 5.57. The second-order valence-corrected chi connectivity index (χ2v) is 7.33. The Morgan fingerprint density at radius 3 is 2.45 bits per heavy atom. The molecule has 0 saturated heterocycles. The molecule has 0 fully saturated rings. The number of benzene rings is 2. The molecule has 0 radical (unpaired) electrons. The van der Waals surface area contributed by atoms with Gasteiger partial charge in [0.15, 0.2) is 0 Å². The molecular formula is C22H22N6S. The first-order valence-electron chi connectivity index (χ1n) is 9.58. The molecule has 0 saturated carbocycles. The predicted molar refractivity (Wildman–Crippen MR) is 120 cm³/mol. The Hall–Kier alpha value is -3.32. The van der Waals surface area contributed by atoms with Gasteiger partial charge in [-0.25, -0.2) is 19.6 Å². The molecule has 7 heteroatoms. The van der Waals surface area contributed by atoms with Crippen LogP contribution in [0.5, 0.6) is 0 Å². The fourth-order valence-corrected chi connectivity index (χ4v) is 3.96. The molecule has 0 spiro atoms. The van der Waals surface area contributed by atoms with Gasteiger partial charge in [0.2, 0.25) is 5.13 Å². The van der Waals surface area contributed by atoms with Crippen molar-refractivity contribution in [3.8, 4) is 16.3 Å². The monoisotopic (exact) mass is 402 g/mol. The highest BCUT2D eigenvalue weighted by Crippen LogP contribution is 2.35. The van der Waals surface area contributed by atoms with E-state index >= 15 is 0 Å². The van der Waals surface area contributed by atoms with Crippen LogP contribution in [0.1, 0.15) is 19.4 Å². The second kappa shape index (κ2) is 8.79. The van der Waals surface area contributed by atoms with E-state index in [0.29, 0.717) is 5.13 Å². The highest BCUT2D eigenvalue weighted by atomic mass is 32.1. The molecule has 0 aliphatic carbocycles. The van der Waals surface area contributed by atoms with E-state index < -0.39 is 0 Å². The minimum Gasteiger partial charge on any atom is -0.372 e. The fourth-order valence-electron chi connectivity index (χ4n) is 3.10. The van der Waals surface area contributed by atoms with Crippen molar-refractivity contribution in [2.24, 2.45) is 4.99 Å². The Morgan fingerprint density at radius 1 is 1.03 bits per heavy atom. The molecule has 0 atom stereocenters. The summed E-state index contributed by atoms with van der Waals surface area (Å²) in [5.74, 6) is 0. The van der Waals surface area contributed by atoms with Crippen molar-refractivity contribution in [1.82, 2.24) is 19.7 Å². The Labute approximate surface area is 174 Å². The average molecular weight is 403 g/mol. The number of anilines is 1. The van der Waals surface area contributed by atoms with E-state index in [1.54, 1.807) is 11.0 Å². The van der Waals surface area contributed by atoms with Crippen molar-refractivity contribution < 1.29 is 0 Å². The minimum absolute atomic E-state index is 0.683. The SMILES string of the molecule is CCN(CC)c1ccc(/C=N/c2nc(-c3ccccc3)c(-n3cncn3)s2)cc1. The smallest absolute Gasteiger partial charge is 0.211 e. The Bertz CT molecular complexity index is 1060. The van der Waals surface area contributed by atoms with E-state index in [1.807, 2.05) is 36.5 Å². The fraction of sp³-hybridized carbons (Fsp3) is 0.182. The number of thiazole rings is 1. The van der Waals surface area contributed by atoms with Gasteiger partial charge in [-0.1, -0.05) is 53.8 Å². The van der Waals surface area contributed by atoms with Crippen LogP contribution in [0.3, 0.4) is 0 Å². The zero-order valence-corrected chi connectivity index (χ0v) is 17.3. The third kappa shape index (κ3) is 4.25. The van der Waals surface area contributed by atoms with Gasteiger partial charge in [-0.2, -0.15) is 5.10 Å². The number of hydrogen-bond acceptors (Lipinski definition) is 6. The summed E-state index contributed by atoms with van der Waals surface area (Å²) in [6.07, 6.45) is 5.05. The zero-order valence-electron chi connectivity index (χ0n) is 16.4. The van der Waals surface area contributed by atoms with Crippen LogP contribution in [0.15, 0.2) is 72.2 Å². The van der Waals surface area contributed by atoms with Gasteiger partial charge in [-0.3, -0.25) is 0 Å². The summed E-state index contributed by atoms with van der Waals surface area (Å²) in [7, 11) is 0. The third-order valence-electron chi connectivity index (χ3n) is 4.62. The number of aromatic nitrogens is 4. The summed E-state index contributed by atoms with van der Waals surface area (Å²) >= 11 is 1.49. The van der Waals surface area contributed by atoms with Crippen molar-refractivity contribution in [3.05, 3.63) is 72.8 Å². The summed E-state index contributed by atoms with van der Waals surface area (Å²) in [5.41, 5.74) is 4.14. The molecule has 0 aliphatic rings. The summed E-state index contributed by atoms with van der Waals surface area (Å²) < 4.78 is 1.73. The molecule has 2 aromatic heterocycles. The maximum absolute atomic E-state index is 4.75. The van der Waals surface area contributed by atoms with Gasteiger partial charge in [-0.15, -0.1) is 0 Å². The maximum Gasteiger partial charge on any atom is 0.211 e. The lowest BCUT2D eigenvalue weighted by Crippen LogP contribution is -2.21. The van der Waals surface area contributed by atoms with E-state index in [1.165, 1.54) is 23.4 Å². The lowest BCUT2D eigenvalue weighted by Gasteiger charge is -2.20. The lowest BCUT2D eigenvalue weighted by molar-refractivity contribution is 0.866. The lowest BCUT2D eigenvalue weighted by atomic mass is 10.2. The van der Waals surface area contributed by atoms with E-state index in [-0.39, 0.29) is 0 Å². The maximum atomic E-state index is 4.75. The first-order chi connectivity index (χ1) is 14.3. The normalized spacial score (nSPS) is 11.2. The molecule has 0 unspecified atom stereocenters. The number of hydrogen-bond donors (Lipinski definition) is 0. The van der Waals surface area contributed by atoms with Crippen molar-refractivity contribution in [1.29, 1.82) is 0 Å². The van der Waals surface area contributed by atoms with Crippen LogP contribution in [-0.2, 0) is 0 Å². The zero-order chi connectivity index (χ0) is 20.1. The van der Waals surface area contributed by atoms with E-state index in [2.05, 4.69) is 58.1 Å². The van der Waals surface area contributed by atoms with Crippen LogP contribution in [0, 0.1) is 0 Å². The molecule has 0 aliphatic heterocycles. The first kappa shape index (κ1) is 19.0. The summed E-state index contributed by atoms with van der Waals surface area (Å²) in [5, 5.41) is 5.85. The minimum atomic E-state index is 0.683. The molecule has 4 aromatic rings. The highest BCUT2D eigenvalue weighted by Gasteiger charge is 2.15. The average Bonchev–Trinajstić information content (AvgIpc) is 3.44. The summed E-state index contributed by atoms with van der Waals surface area (Å²) in [4.78, 5) is 15.7. The first-order valence-corrected chi connectivity index (χ1v) is 10.4. The molecule has 2 heterocycles. The number of rotatable bonds is 7.